The van der Waals surface area contributed by atoms with Crippen LogP contribution in [-0.4, -0.2) is 34.5 Å². The zero-order valence-corrected chi connectivity index (χ0v) is 14.4. The van der Waals surface area contributed by atoms with E-state index in [9.17, 15) is 13.2 Å². The first-order valence-electron chi connectivity index (χ1n) is 7.96. The summed E-state index contributed by atoms with van der Waals surface area (Å²) < 4.78 is 25.6. The summed E-state index contributed by atoms with van der Waals surface area (Å²) in [6.45, 7) is 3.95. The predicted octanol–water partition coefficient (Wildman–Crippen LogP) is 1.16. The number of carbonyl (C=O) groups is 1. The van der Waals surface area contributed by atoms with Gasteiger partial charge in [0.05, 0.1) is 10.9 Å². The van der Waals surface area contributed by atoms with Crippen LogP contribution in [0.3, 0.4) is 0 Å². The fourth-order valence-electron chi connectivity index (χ4n) is 2.75. The maximum absolute atomic E-state index is 12.0. The molecule has 0 aromatic heterocycles. The molecule has 0 spiro atoms. The number of carbonyl (C=O) groups excluding carboxylic acids is 1. The molecule has 3 N–H and O–H groups in total. The Kier molecular flexibility index (Phi) is 6.15. The molecule has 23 heavy (non-hydrogen) atoms. The molecular weight excluding hydrogens is 314 g/mol. The lowest BCUT2D eigenvalue weighted by Gasteiger charge is -2.16. The fourth-order valence-corrected chi connectivity index (χ4v) is 3.48. The van der Waals surface area contributed by atoms with Crippen LogP contribution < -0.4 is 15.4 Å². The van der Waals surface area contributed by atoms with Crippen LogP contribution in [0, 0.1) is 5.92 Å². The maximum atomic E-state index is 12.0. The number of nitrogens with one attached hydrogen (secondary N) is 3. The van der Waals surface area contributed by atoms with Gasteiger partial charge in [0.25, 0.3) is 0 Å². The lowest BCUT2D eigenvalue weighted by Crippen LogP contribution is -2.27. The van der Waals surface area contributed by atoms with E-state index in [0.717, 1.165) is 31.5 Å². The first kappa shape index (κ1) is 17.9. The van der Waals surface area contributed by atoms with Gasteiger partial charge in [0.15, 0.2) is 0 Å². The molecule has 2 rings (SSSR count). The van der Waals surface area contributed by atoms with E-state index in [2.05, 4.69) is 15.4 Å². The molecule has 1 amide bonds. The van der Waals surface area contributed by atoms with E-state index in [1.54, 1.807) is 24.3 Å². The van der Waals surface area contributed by atoms with Gasteiger partial charge in [-0.3, -0.25) is 4.79 Å². The fraction of sp³-hybridized carbons (Fsp3) is 0.562. The van der Waals surface area contributed by atoms with E-state index < -0.39 is 10.0 Å². The van der Waals surface area contributed by atoms with Crippen LogP contribution in [-0.2, 0) is 14.8 Å². The minimum absolute atomic E-state index is 0.0383. The number of sulfonamides is 1. The van der Waals surface area contributed by atoms with Crippen molar-refractivity contribution in [1.29, 1.82) is 0 Å². The molecule has 1 saturated heterocycles. The highest BCUT2D eigenvalue weighted by Gasteiger charge is 2.17. The summed E-state index contributed by atoms with van der Waals surface area (Å²) in [4.78, 5) is 12.2. The Morgan fingerprint density at radius 1 is 1.35 bits per heavy atom. The second-order valence-electron chi connectivity index (χ2n) is 5.96. The lowest BCUT2D eigenvalue weighted by molar-refractivity contribution is -0.122. The summed E-state index contributed by atoms with van der Waals surface area (Å²) in [5.74, 6) is 0.637. The number of benzene rings is 1. The van der Waals surface area contributed by atoms with Crippen molar-refractivity contribution in [2.24, 2.45) is 5.92 Å². The largest absolute Gasteiger partial charge is 0.350 e. The number of amides is 1. The SMILES string of the molecule is CNS(=O)(=O)c1ccc(C(C)NC(=O)CCC2CCNC2)cc1. The van der Waals surface area contributed by atoms with Gasteiger partial charge in [-0.1, -0.05) is 12.1 Å². The minimum atomic E-state index is -3.43. The Labute approximate surface area is 138 Å². The Bertz CT molecular complexity index is 622. The van der Waals surface area contributed by atoms with E-state index in [1.807, 2.05) is 6.92 Å². The van der Waals surface area contributed by atoms with Gasteiger partial charge in [-0.2, -0.15) is 0 Å². The van der Waals surface area contributed by atoms with Crippen molar-refractivity contribution < 1.29 is 13.2 Å². The summed E-state index contributed by atoms with van der Waals surface area (Å²) in [6, 6.07) is 6.42. The molecule has 1 heterocycles. The molecule has 1 aliphatic rings. The molecule has 128 valence electrons. The van der Waals surface area contributed by atoms with E-state index in [-0.39, 0.29) is 16.8 Å². The van der Waals surface area contributed by atoms with Crippen molar-refractivity contribution in [3.8, 4) is 0 Å². The summed E-state index contributed by atoms with van der Waals surface area (Å²) >= 11 is 0. The third-order valence-electron chi connectivity index (χ3n) is 4.28. The number of hydrogen-bond donors (Lipinski definition) is 3. The quantitative estimate of drug-likeness (QED) is 0.696. The lowest BCUT2D eigenvalue weighted by atomic mass is 10.0. The minimum Gasteiger partial charge on any atom is -0.350 e. The average molecular weight is 339 g/mol. The summed E-state index contributed by atoms with van der Waals surface area (Å²) in [5, 5.41) is 6.27. The highest BCUT2D eigenvalue weighted by atomic mass is 32.2. The number of hydrogen-bond acceptors (Lipinski definition) is 4. The van der Waals surface area contributed by atoms with Gasteiger partial charge < -0.3 is 10.6 Å². The van der Waals surface area contributed by atoms with Gasteiger partial charge >= 0.3 is 0 Å². The Balaban J connectivity index is 1.87. The van der Waals surface area contributed by atoms with E-state index in [0.29, 0.717) is 12.3 Å². The summed E-state index contributed by atoms with van der Waals surface area (Å²) in [5.41, 5.74) is 0.885. The van der Waals surface area contributed by atoms with Crippen molar-refractivity contribution in [3.63, 3.8) is 0 Å². The van der Waals surface area contributed by atoms with Gasteiger partial charge in [-0.05, 0) is 63.5 Å². The van der Waals surface area contributed by atoms with Gasteiger partial charge in [0.1, 0.15) is 0 Å². The monoisotopic (exact) mass is 339 g/mol. The highest BCUT2D eigenvalue weighted by molar-refractivity contribution is 7.89. The third-order valence-corrected chi connectivity index (χ3v) is 5.71. The van der Waals surface area contributed by atoms with Crippen LogP contribution in [0.5, 0.6) is 0 Å². The summed E-state index contributed by atoms with van der Waals surface area (Å²) in [7, 11) is -2.04. The van der Waals surface area contributed by atoms with Crippen LogP contribution in [0.2, 0.25) is 0 Å². The van der Waals surface area contributed by atoms with Crippen LogP contribution in [0.1, 0.15) is 37.8 Å². The van der Waals surface area contributed by atoms with Gasteiger partial charge in [-0.15, -0.1) is 0 Å². The molecule has 0 bridgehead atoms. The van der Waals surface area contributed by atoms with E-state index in [4.69, 9.17) is 0 Å². The average Bonchev–Trinajstić information content (AvgIpc) is 3.06. The van der Waals surface area contributed by atoms with Gasteiger partial charge in [0, 0.05) is 6.42 Å². The summed E-state index contributed by atoms with van der Waals surface area (Å²) in [6.07, 6.45) is 2.58. The van der Waals surface area contributed by atoms with Crippen LogP contribution in [0.4, 0.5) is 0 Å². The first-order chi connectivity index (χ1) is 10.9. The molecule has 6 nitrogen and oxygen atoms in total. The molecule has 2 unspecified atom stereocenters. The van der Waals surface area contributed by atoms with Crippen molar-refractivity contribution in [1.82, 2.24) is 15.4 Å². The highest BCUT2D eigenvalue weighted by Crippen LogP contribution is 2.18. The van der Waals surface area contributed by atoms with Crippen LogP contribution in [0.25, 0.3) is 0 Å². The van der Waals surface area contributed by atoms with Crippen molar-refractivity contribution in [2.75, 3.05) is 20.1 Å². The third kappa shape index (κ3) is 5.02. The van der Waals surface area contributed by atoms with Crippen LogP contribution in [0.15, 0.2) is 29.2 Å². The van der Waals surface area contributed by atoms with E-state index >= 15 is 0 Å². The zero-order valence-electron chi connectivity index (χ0n) is 13.6. The molecule has 1 aromatic rings. The Morgan fingerprint density at radius 3 is 2.61 bits per heavy atom. The molecule has 2 atom stereocenters. The van der Waals surface area contributed by atoms with E-state index in [1.165, 1.54) is 7.05 Å². The normalized spacial score (nSPS) is 19.5. The second kappa shape index (κ2) is 7.90. The Hall–Kier alpha value is -1.44. The topological polar surface area (TPSA) is 87.3 Å². The second-order valence-corrected chi connectivity index (χ2v) is 7.85. The zero-order chi connectivity index (χ0) is 16.9. The van der Waals surface area contributed by atoms with Crippen molar-refractivity contribution in [3.05, 3.63) is 29.8 Å². The van der Waals surface area contributed by atoms with Gasteiger partial charge in [0.2, 0.25) is 15.9 Å². The standard InChI is InChI=1S/C16H25N3O3S/c1-12(19-16(20)8-3-13-9-10-18-11-13)14-4-6-15(7-5-14)23(21,22)17-2/h4-7,12-13,17-18H,3,8-11H2,1-2H3,(H,19,20). The molecule has 0 saturated carbocycles. The van der Waals surface area contributed by atoms with Gasteiger partial charge in [-0.25, -0.2) is 13.1 Å². The predicted molar refractivity (Wildman–Crippen MR) is 89.5 cm³/mol. The van der Waals surface area contributed by atoms with Crippen molar-refractivity contribution >= 4 is 15.9 Å². The first-order valence-corrected chi connectivity index (χ1v) is 9.44. The molecule has 7 heteroatoms. The molecule has 1 aliphatic heterocycles. The number of rotatable bonds is 7. The smallest absolute Gasteiger partial charge is 0.240 e. The molecule has 0 radical (unpaired) electrons. The van der Waals surface area contributed by atoms with Crippen LogP contribution >= 0.6 is 0 Å². The maximum Gasteiger partial charge on any atom is 0.240 e. The molecule has 1 aromatic carbocycles. The molecule has 1 fully saturated rings. The Morgan fingerprint density at radius 2 is 2.04 bits per heavy atom. The van der Waals surface area contributed by atoms with Crippen molar-refractivity contribution in [2.45, 2.75) is 37.1 Å². The molecular formula is C16H25N3O3S. The molecule has 0 aliphatic carbocycles.